The van der Waals surface area contributed by atoms with Gasteiger partial charge in [-0.2, -0.15) is 0 Å². The van der Waals surface area contributed by atoms with Gasteiger partial charge < -0.3 is 4.57 Å². The summed E-state index contributed by atoms with van der Waals surface area (Å²) in [5.41, 5.74) is 1.35. The van der Waals surface area contributed by atoms with Gasteiger partial charge in [0.2, 0.25) is 0 Å². The monoisotopic (exact) mass is 332 g/mol. The largest absolute Gasteiger partial charge is 0.309 e. The molecule has 3 rings (SSSR count). The second kappa shape index (κ2) is 7.25. The van der Waals surface area contributed by atoms with Gasteiger partial charge in [-0.1, -0.05) is 91.0 Å². The fourth-order valence-corrected chi connectivity index (χ4v) is 4.82. The Kier molecular flexibility index (Phi) is 4.88. The normalized spacial score (nSPS) is 11.5. The average Bonchev–Trinajstić information content (AvgIpc) is 2.67. The summed E-state index contributed by atoms with van der Waals surface area (Å²) in [7, 11) is -2.92. The Morgan fingerprint density at radius 3 is 1.58 bits per heavy atom. The van der Waals surface area contributed by atoms with Gasteiger partial charge in [0.1, 0.15) is 0 Å². The Morgan fingerprint density at radius 1 is 0.625 bits per heavy atom. The van der Waals surface area contributed by atoms with Crippen molar-refractivity contribution in [3.63, 3.8) is 0 Å². The highest BCUT2D eigenvalue weighted by molar-refractivity contribution is 7.81. The van der Waals surface area contributed by atoms with Gasteiger partial charge in [0.15, 0.2) is 13.4 Å². The molecule has 0 radical (unpaired) electrons. The molecular weight excluding hydrogens is 315 g/mol. The average molecular weight is 332 g/mol. The molecule has 24 heavy (non-hydrogen) atoms. The molecule has 0 N–H and O–H groups in total. The summed E-state index contributed by atoms with van der Waals surface area (Å²) in [4.78, 5) is 11.2. The van der Waals surface area contributed by atoms with Gasteiger partial charge in [-0.05, 0) is 11.4 Å². The third-order valence-corrected chi connectivity index (χ3v) is 6.57. The highest BCUT2D eigenvalue weighted by Gasteiger charge is 2.23. The zero-order valence-electron chi connectivity index (χ0n) is 13.1. The van der Waals surface area contributed by atoms with Gasteiger partial charge in [0, 0.05) is 16.2 Å². The highest BCUT2D eigenvalue weighted by atomic mass is 31.2. The van der Waals surface area contributed by atoms with Crippen LogP contribution in [0.3, 0.4) is 0 Å². The van der Waals surface area contributed by atoms with E-state index in [1.807, 2.05) is 78.9 Å². The molecule has 3 aromatic carbocycles. The summed E-state index contributed by atoms with van der Waals surface area (Å²) >= 11 is 0. The molecule has 0 amide bonds. The quantitative estimate of drug-likeness (QED) is 0.510. The molecule has 0 saturated carbocycles. The summed E-state index contributed by atoms with van der Waals surface area (Å²) in [5.74, 6) is 1.74. The molecule has 0 heterocycles. The number of hydrogen-bond donors (Lipinski definition) is 0. The molecule has 0 aliphatic rings. The molecule has 0 fully saturated rings. The van der Waals surface area contributed by atoms with E-state index in [2.05, 4.69) is 0 Å². The van der Waals surface area contributed by atoms with Crippen molar-refractivity contribution in [1.82, 2.24) is 0 Å². The fraction of sp³-hybridized carbons (Fsp3) is 0. The van der Waals surface area contributed by atoms with Crippen LogP contribution >= 0.6 is 7.14 Å². The molecule has 0 aliphatic heterocycles. The maximum absolute atomic E-state index is 13.8. The zero-order valence-corrected chi connectivity index (χ0v) is 14.0. The van der Waals surface area contributed by atoms with E-state index in [0.29, 0.717) is 5.56 Å². The predicted molar refractivity (Wildman–Crippen MR) is 101 cm³/mol. The topological polar surface area (TPSA) is 34.1 Å². The lowest BCUT2D eigenvalue weighted by molar-refractivity contribution is 0.112. The van der Waals surface area contributed by atoms with Crippen molar-refractivity contribution in [3.05, 3.63) is 102 Å². The maximum Gasteiger partial charge on any atom is 0.164 e. The first-order valence-corrected chi connectivity index (χ1v) is 9.46. The van der Waals surface area contributed by atoms with E-state index in [9.17, 15) is 9.36 Å². The van der Waals surface area contributed by atoms with Gasteiger partial charge in [0.05, 0.1) is 0 Å². The minimum atomic E-state index is -2.92. The molecule has 0 aliphatic carbocycles. The number of carbonyl (C=O) groups excluding carboxylic acids is 1. The minimum Gasteiger partial charge on any atom is -0.309 e. The van der Waals surface area contributed by atoms with Crippen molar-refractivity contribution in [2.24, 2.45) is 0 Å². The van der Waals surface area contributed by atoms with Crippen molar-refractivity contribution < 1.29 is 9.36 Å². The van der Waals surface area contributed by atoms with Crippen molar-refractivity contribution in [1.29, 1.82) is 0 Å². The molecular formula is C21H17O2P. The SMILES string of the molecule is O=Cc1ccccc1/C=C\P(=O)(c1ccccc1)c1ccccc1. The summed E-state index contributed by atoms with van der Waals surface area (Å²) in [5, 5.41) is 1.55. The van der Waals surface area contributed by atoms with E-state index in [1.165, 1.54) is 0 Å². The molecule has 0 spiro atoms. The highest BCUT2D eigenvalue weighted by Crippen LogP contribution is 2.45. The molecule has 0 saturated heterocycles. The molecule has 118 valence electrons. The number of rotatable bonds is 5. The van der Waals surface area contributed by atoms with Gasteiger partial charge in [-0.15, -0.1) is 0 Å². The predicted octanol–water partition coefficient (Wildman–Crippen LogP) is 4.48. The number of carbonyl (C=O) groups is 1. The van der Waals surface area contributed by atoms with Crippen LogP contribution in [0, 0.1) is 0 Å². The molecule has 2 nitrogen and oxygen atoms in total. The maximum atomic E-state index is 13.8. The Hall–Kier alpha value is -2.70. The molecule has 3 heteroatoms. The van der Waals surface area contributed by atoms with Crippen molar-refractivity contribution in [3.8, 4) is 0 Å². The Labute approximate surface area is 141 Å². The van der Waals surface area contributed by atoms with Gasteiger partial charge in [0.25, 0.3) is 0 Å². The van der Waals surface area contributed by atoms with E-state index >= 15 is 0 Å². The molecule has 0 bridgehead atoms. The van der Waals surface area contributed by atoms with Gasteiger partial charge >= 0.3 is 0 Å². The number of hydrogen-bond acceptors (Lipinski definition) is 2. The number of aldehydes is 1. The Morgan fingerprint density at radius 2 is 1.08 bits per heavy atom. The van der Waals surface area contributed by atoms with Crippen molar-refractivity contribution in [2.45, 2.75) is 0 Å². The van der Waals surface area contributed by atoms with Crippen LogP contribution in [0.15, 0.2) is 90.7 Å². The van der Waals surface area contributed by atoms with Crippen LogP contribution in [-0.2, 0) is 4.57 Å². The molecule has 0 unspecified atom stereocenters. The van der Waals surface area contributed by atoms with Crippen LogP contribution in [0.25, 0.3) is 6.08 Å². The van der Waals surface area contributed by atoms with Gasteiger partial charge in [-0.25, -0.2) is 0 Å². The van der Waals surface area contributed by atoms with Gasteiger partial charge in [-0.3, -0.25) is 4.79 Å². The summed E-state index contributed by atoms with van der Waals surface area (Å²) in [6.45, 7) is 0. The lowest BCUT2D eigenvalue weighted by atomic mass is 10.1. The second-order valence-electron chi connectivity index (χ2n) is 5.39. The van der Waals surface area contributed by atoms with E-state index in [-0.39, 0.29) is 0 Å². The standard InChI is InChI=1S/C21H17O2P/c22-17-19-10-8-7-9-18(19)15-16-24(23,20-11-3-1-4-12-20)21-13-5-2-6-14-21/h1-17H/b16-15-. The fourth-order valence-electron chi connectivity index (χ4n) is 2.58. The van der Waals surface area contributed by atoms with E-state index < -0.39 is 7.14 Å². The van der Waals surface area contributed by atoms with Crippen LogP contribution < -0.4 is 10.6 Å². The lowest BCUT2D eigenvalue weighted by Crippen LogP contribution is -2.13. The summed E-state index contributed by atoms with van der Waals surface area (Å²) in [6, 6.07) is 26.2. The molecule has 0 atom stereocenters. The van der Waals surface area contributed by atoms with Crippen LogP contribution in [0.1, 0.15) is 15.9 Å². The zero-order chi connectivity index (χ0) is 16.8. The van der Waals surface area contributed by atoms with E-state index in [1.54, 1.807) is 18.0 Å². The lowest BCUT2D eigenvalue weighted by Gasteiger charge is -2.15. The third-order valence-electron chi connectivity index (χ3n) is 3.87. The third kappa shape index (κ3) is 3.29. The summed E-state index contributed by atoms with van der Waals surface area (Å²) < 4.78 is 13.8. The smallest absolute Gasteiger partial charge is 0.164 e. The Bertz CT molecular complexity index is 856. The number of benzene rings is 3. The van der Waals surface area contributed by atoms with Crippen molar-refractivity contribution in [2.75, 3.05) is 0 Å². The van der Waals surface area contributed by atoms with Crippen LogP contribution in [-0.4, -0.2) is 6.29 Å². The Balaban J connectivity index is 2.11. The first-order chi connectivity index (χ1) is 11.7. The van der Waals surface area contributed by atoms with Crippen LogP contribution in [0.4, 0.5) is 0 Å². The summed E-state index contributed by atoms with van der Waals surface area (Å²) in [6.07, 6.45) is 2.60. The first-order valence-electron chi connectivity index (χ1n) is 7.68. The van der Waals surface area contributed by atoms with E-state index in [0.717, 1.165) is 22.5 Å². The van der Waals surface area contributed by atoms with E-state index in [4.69, 9.17) is 0 Å². The first kappa shape index (κ1) is 16.2. The second-order valence-corrected chi connectivity index (χ2v) is 8.04. The minimum absolute atomic E-state index is 0.585. The van der Waals surface area contributed by atoms with Crippen LogP contribution in [0.5, 0.6) is 0 Å². The molecule has 3 aromatic rings. The van der Waals surface area contributed by atoms with Crippen molar-refractivity contribution >= 4 is 30.1 Å². The molecule has 0 aromatic heterocycles. The van der Waals surface area contributed by atoms with Crippen LogP contribution in [0.2, 0.25) is 0 Å².